The van der Waals surface area contributed by atoms with Crippen molar-refractivity contribution in [3.05, 3.63) is 34.3 Å². The maximum absolute atomic E-state index is 12.5. The molecule has 0 nitrogen and oxygen atoms in total. The first-order valence-corrected chi connectivity index (χ1v) is 5.57. The molecule has 16 heavy (non-hydrogen) atoms. The monoisotopic (exact) mass is 252 g/mol. The molecule has 92 valence electrons. The summed E-state index contributed by atoms with van der Waals surface area (Å²) in [6.45, 7) is 7.44. The Hall–Kier alpha value is -0.700. The lowest BCUT2D eigenvalue weighted by Gasteiger charge is -2.15. The zero-order chi connectivity index (χ0) is 12.9. The van der Waals surface area contributed by atoms with Gasteiger partial charge in [-0.15, -0.1) is 0 Å². The Bertz CT molecular complexity index is 330. The van der Waals surface area contributed by atoms with Crippen molar-refractivity contribution in [3.63, 3.8) is 0 Å². The largest absolute Gasteiger partial charge is 0.416 e. The van der Waals surface area contributed by atoms with Crippen molar-refractivity contribution in [1.82, 2.24) is 0 Å². The molecule has 0 atom stereocenters. The number of rotatable bonds is 1. The van der Waals surface area contributed by atoms with Gasteiger partial charge in [0.05, 0.1) is 5.56 Å². The van der Waals surface area contributed by atoms with E-state index in [1.54, 1.807) is 13.8 Å². The third-order valence-corrected chi connectivity index (χ3v) is 2.18. The lowest BCUT2D eigenvalue weighted by molar-refractivity contribution is -0.138. The average Bonchev–Trinajstić information content (AvgIpc) is 2.19. The van der Waals surface area contributed by atoms with Crippen molar-refractivity contribution in [2.24, 2.45) is 0 Å². The third-order valence-electron chi connectivity index (χ3n) is 1.94. The molecule has 0 heterocycles. The maximum atomic E-state index is 12.5. The fraction of sp³-hybridized carbons (Fsp3) is 0.500. The highest BCUT2D eigenvalue weighted by atomic mass is 35.5. The predicted octanol–water partition coefficient (Wildman–Crippen LogP) is 5.51. The molecule has 1 aromatic carbocycles. The van der Waals surface area contributed by atoms with Crippen molar-refractivity contribution >= 4 is 11.6 Å². The van der Waals surface area contributed by atoms with E-state index in [2.05, 4.69) is 0 Å². The van der Waals surface area contributed by atoms with Gasteiger partial charge in [0.1, 0.15) is 0 Å². The SMILES string of the molecule is CC.CC(C)c1ccc(Cl)cc1C(F)(F)F. The molecule has 0 N–H and O–H groups in total. The Morgan fingerprint density at radius 2 is 1.62 bits per heavy atom. The minimum atomic E-state index is -4.33. The molecule has 0 aromatic heterocycles. The summed E-state index contributed by atoms with van der Waals surface area (Å²) in [7, 11) is 0. The van der Waals surface area contributed by atoms with Gasteiger partial charge in [-0.2, -0.15) is 13.2 Å². The first-order chi connectivity index (χ1) is 7.32. The molecule has 1 aromatic rings. The molecule has 0 aliphatic carbocycles. The predicted molar refractivity (Wildman–Crippen MR) is 61.9 cm³/mol. The standard InChI is InChI=1S/C10H10ClF3.C2H6/c1-6(2)8-4-3-7(11)5-9(8)10(12,13)14;1-2/h3-6H,1-2H3;1-2H3. The van der Waals surface area contributed by atoms with Crippen LogP contribution < -0.4 is 0 Å². The number of alkyl halides is 3. The lowest BCUT2D eigenvalue weighted by Crippen LogP contribution is -2.09. The summed E-state index contributed by atoms with van der Waals surface area (Å²) in [4.78, 5) is 0. The fourth-order valence-electron chi connectivity index (χ4n) is 1.28. The van der Waals surface area contributed by atoms with Crippen LogP contribution in [-0.2, 0) is 6.18 Å². The number of hydrogen-bond acceptors (Lipinski definition) is 0. The molecule has 0 bridgehead atoms. The van der Waals surface area contributed by atoms with Crippen LogP contribution >= 0.6 is 11.6 Å². The van der Waals surface area contributed by atoms with E-state index < -0.39 is 11.7 Å². The fourth-order valence-corrected chi connectivity index (χ4v) is 1.45. The van der Waals surface area contributed by atoms with Crippen LogP contribution in [0.2, 0.25) is 5.02 Å². The summed E-state index contributed by atoms with van der Waals surface area (Å²) in [5, 5.41) is 0.113. The van der Waals surface area contributed by atoms with E-state index in [0.717, 1.165) is 6.07 Å². The van der Waals surface area contributed by atoms with E-state index in [4.69, 9.17) is 11.6 Å². The van der Waals surface area contributed by atoms with Gasteiger partial charge in [-0.05, 0) is 23.6 Å². The molecule has 0 saturated heterocycles. The van der Waals surface area contributed by atoms with Gasteiger partial charge in [-0.1, -0.05) is 45.4 Å². The second-order valence-electron chi connectivity index (χ2n) is 3.38. The Kier molecular flexibility index (Phi) is 5.87. The lowest BCUT2D eigenvalue weighted by atomic mass is 9.97. The van der Waals surface area contributed by atoms with Crippen molar-refractivity contribution in [2.75, 3.05) is 0 Å². The summed E-state index contributed by atoms with van der Waals surface area (Å²) < 4.78 is 37.6. The first-order valence-electron chi connectivity index (χ1n) is 5.19. The molecular weight excluding hydrogens is 237 g/mol. The average molecular weight is 253 g/mol. The zero-order valence-electron chi connectivity index (χ0n) is 9.82. The molecule has 0 fully saturated rings. The highest BCUT2D eigenvalue weighted by Gasteiger charge is 2.33. The second kappa shape index (κ2) is 6.14. The van der Waals surface area contributed by atoms with E-state index in [1.807, 2.05) is 13.8 Å². The molecule has 1 rings (SSSR count). The third kappa shape index (κ3) is 4.05. The topological polar surface area (TPSA) is 0 Å². The van der Waals surface area contributed by atoms with Crippen molar-refractivity contribution in [2.45, 2.75) is 39.8 Å². The maximum Gasteiger partial charge on any atom is 0.416 e. The zero-order valence-corrected chi connectivity index (χ0v) is 10.6. The highest BCUT2D eigenvalue weighted by Crippen LogP contribution is 2.36. The summed E-state index contributed by atoms with van der Waals surface area (Å²) in [5.74, 6) is -0.163. The normalized spacial score (nSPS) is 11.1. The van der Waals surface area contributed by atoms with Crippen molar-refractivity contribution in [3.8, 4) is 0 Å². The molecule has 0 aliphatic rings. The molecule has 0 saturated carbocycles. The van der Waals surface area contributed by atoms with Crippen LogP contribution in [0.4, 0.5) is 13.2 Å². The molecule has 0 aliphatic heterocycles. The first kappa shape index (κ1) is 15.3. The molecule has 0 amide bonds. The van der Waals surface area contributed by atoms with E-state index in [-0.39, 0.29) is 16.5 Å². The van der Waals surface area contributed by atoms with Crippen LogP contribution in [0.3, 0.4) is 0 Å². The quantitative estimate of drug-likeness (QED) is 0.618. The van der Waals surface area contributed by atoms with Crippen molar-refractivity contribution in [1.29, 1.82) is 0 Å². The highest BCUT2D eigenvalue weighted by molar-refractivity contribution is 6.30. The van der Waals surface area contributed by atoms with E-state index >= 15 is 0 Å². The Balaban J connectivity index is 0.00000106. The number of hydrogen-bond donors (Lipinski definition) is 0. The Labute approximate surface area is 99.4 Å². The Morgan fingerprint density at radius 3 is 2.00 bits per heavy atom. The van der Waals surface area contributed by atoms with Crippen LogP contribution in [0, 0.1) is 0 Å². The van der Waals surface area contributed by atoms with Gasteiger partial charge in [0, 0.05) is 5.02 Å². The van der Waals surface area contributed by atoms with Crippen LogP contribution in [0.15, 0.2) is 18.2 Å². The van der Waals surface area contributed by atoms with Gasteiger partial charge in [-0.25, -0.2) is 0 Å². The van der Waals surface area contributed by atoms with E-state index in [1.165, 1.54) is 12.1 Å². The van der Waals surface area contributed by atoms with Crippen LogP contribution in [0.25, 0.3) is 0 Å². The number of benzene rings is 1. The molecule has 0 unspecified atom stereocenters. The molecule has 4 heteroatoms. The summed E-state index contributed by atoms with van der Waals surface area (Å²) in [6, 6.07) is 3.87. The van der Waals surface area contributed by atoms with Gasteiger partial charge >= 0.3 is 6.18 Å². The van der Waals surface area contributed by atoms with Crippen LogP contribution in [-0.4, -0.2) is 0 Å². The second-order valence-corrected chi connectivity index (χ2v) is 3.82. The van der Waals surface area contributed by atoms with E-state index in [9.17, 15) is 13.2 Å². The molecule has 0 spiro atoms. The molecule has 0 radical (unpaired) electrons. The van der Waals surface area contributed by atoms with Crippen LogP contribution in [0.5, 0.6) is 0 Å². The van der Waals surface area contributed by atoms with Gasteiger partial charge in [0.25, 0.3) is 0 Å². The minimum absolute atomic E-state index is 0.113. The Morgan fingerprint density at radius 1 is 1.12 bits per heavy atom. The smallest absolute Gasteiger partial charge is 0.166 e. The van der Waals surface area contributed by atoms with Gasteiger partial charge in [0.2, 0.25) is 0 Å². The summed E-state index contributed by atoms with van der Waals surface area (Å²) >= 11 is 5.53. The van der Waals surface area contributed by atoms with Gasteiger partial charge in [-0.3, -0.25) is 0 Å². The van der Waals surface area contributed by atoms with Crippen LogP contribution in [0.1, 0.15) is 44.7 Å². The van der Waals surface area contributed by atoms with Gasteiger partial charge < -0.3 is 0 Å². The number of halogens is 4. The van der Waals surface area contributed by atoms with E-state index in [0.29, 0.717) is 0 Å². The van der Waals surface area contributed by atoms with Gasteiger partial charge in [0.15, 0.2) is 0 Å². The summed E-state index contributed by atoms with van der Waals surface area (Å²) in [6.07, 6.45) is -4.33. The summed E-state index contributed by atoms with van der Waals surface area (Å²) in [5.41, 5.74) is -0.359. The van der Waals surface area contributed by atoms with Crippen molar-refractivity contribution < 1.29 is 13.2 Å². The minimum Gasteiger partial charge on any atom is -0.166 e. The molecular formula is C12H16ClF3.